The summed E-state index contributed by atoms with van der Waals surface area (Å²) in [4.78, 5) is 0. The zero-order valence-corrected chi connectivity index (χ0v) is 11.1. The predicted molar refractivity (Wildman–Crippen MR) is 66.9 cm³/mol. The van der Waals surface area contributed by atoms with Gasteiger partial charge in [-0.1, -0.05) is 55.8 Å². The van der Waals surface area contributed by atoms with Gasteiger partial charge in [0.25, 0.3) is 0 Å². The molecule has 0 saturated heterocycles. The van der Waals surface area contributed by atoms with Gasteiger partial charge in [-0.2, -0.15) is 0 Å². The van der Waals surface area contributed by atoms with Crippen LogP contribution in [0.4, 0.5) is 0 Å². The molecule has 0 heterocycles. The molecule has 0 aliphatic carbocycles. The summed E-state index contributed by atoms with van der Waals surface area (Å²) in [5, 5.41) is 0. The maximum atomic E-state index is 3.65. The van der Waals surface area contributed by atoms with Crippen molar-refractivity contribution in [1.82, 2.24) is 0 Å². The quantitative estimate of drug-likeness (QED) is 0.706. The maximum absolute atomic E-state index is 3.65. The average Bonchev–Trinajstić information content (AvgIpc) is 2.15. The Kier molecular flexibility index (Phi) is 4.18. The molecule has 0 aliphatic rings. The van der Waals surface area contributed by atoms with E-state index in [1.807, 2.05) is 0 Å². The van der Waals surface area contributed by atoms with Gasteiger partial charge in [-0.25, -0.2) is 0 Å². The summed E-state index contributed by atoms with van der Waals surface area (Å²) in [5.41, 5.74) is 2.83. The van der Waals surface area contributed by atoms with E-state index in [1.54, 1.807) is 0 Å². The summed E-state index contributed by atoms with van der Waals surface area (Å²) in [5.74, 6) is 1.25. The van der Waals surface area contributed by atoms with Gasteiger partial charge < -0.3 is 0 Å². The van der Waals surface area contributed by atoms with Crippen LogP contribution >= 0.6 is 15.9 Å². The van der Waals surface area contributed by atoms with Gasteiger partial charge in [0.1, 0.15) is 0 Å². The van der Waals surface area contributed by atoms with Crippen LogP contribution in [0, 0.1) is 0 Å². The topological polar surface area (TPSA) is 0 Å². The molecule has 14 heavy (non-hydrogen) atoms. The summed E-state index contributed by atoms with van der Waals surface area (Å²) < 4.78 is 1.25. The minimum atomic E-state index is 0.593. The third kappa shape index (κ3) is 2.60. The van der Waals surface area contributed by atoms with Crippen molar-refractivity contribution < 1.29 is 0 Å². The molecule has 1 atom stereocenters. The highest BCUT2D eigenvalue weighted by atomic mass is 79.9. The largest absolute Gasteiger partial charge is 0.0648 e. The lowest BCUT2D eigenvalue weighted by Crippen LogP contribution is -1.95. The molecule has 1 heteroatoms. The highest BCUT2D eigenvalue weighted by Crippen LogP contribution is 2.29. The molecular formula is C13H19Br. The summed E-state index contributed by atoms with van der Waals surface area (Å²) in [7, 11) is 0. The molecule has 1 unspecified atom stereocenters. The fourth-order valence-electron chi connectivity index (χ4n) is 1.55. The van der Waals surface area contributed by atoms with E-state index in [9.17, 15) is 0 Å². The molecule has 0 amide bonds. The minimum absolute atomic E-state index is 0.593. The minimum Gasteiger partial charge on any atom is -0.0648 e. The third-order valence-corrected chi connectivity index (χ3v) is 3.51. The first-order chi connectivity index (χ1) is 6.56. The van der Waals surface area contributed by atoms with Gasteiger partial charge in [0.2, 0.25) is 0 Å². The van der Waals surface area contributed by atoms with Gasteiger partial charge in [0.05, 0.1) is 0 Å². The molecule has 1 aromatic carbocycles. The number of halogens is 1. The summed E-state index contributed by atoms with van der Waals surface area (Å²) in [6.07, 6.45) is 1.20. The third-order valence-electron chi connectivity index (χ3n) is 2.83. The summed E-state index contributed by atoms with van der Waals surface area (Å²) >= 11 is 3.65. The van der Waals surface area contributed by atoms with E-state index in [0.717, 1.165) is 0 Å². The first kappa shape index (κ1) is 11.8. The lowest BCUT2D eigenvalue weighted by Gasteiger charge is -2.13. The Bertz CT molecular complexity index is 302. The first-order valence-electron chi connectivity index (χ1n) is 5.35. The van der Waals surface area contributed by atoms with E-state index in [1.165, 1.54) is 22.0 Å². The zero-order chi connectivity index (χ0) is 10.7. The monoisotopic (exact) mass is 254 g/mol. The highest BCUT2D eigenvalue weighted by molar-refractivity contribution is 9.10. The second-order valence-electron chi connectivity index (χ2n) is 4.24. The standard InChI is InChI=1S/C13H19Br/c1-5-10(4)11-6-7-12(9(2)3)13(14)8-11/h6-10H,5H2,1-4H3. The predicted octanol–water partition coefficient (Wildman–Crippen LogP) is 5.09. The van der Waals surface area contributed by atoms with Crippen LogP contribution in [-0.4, -0.2) is 0 Å². The van der Waals surface area contributed by atoms with Gasteiger partial charge in [0, 0.05) is 4.47 Å². The van der Waals surface area contributed by atoms with Crippen molar-refractivity contribution in [1.29, 1.82) is 0 Å². The van der Waals surface area contributed by atoms with Gasteiger partial charge in [-0.3, -0.25) is 0 Å². The van der Waals surface area contributed by atoms with Crippen LogP contribution in [0.5, 0.6) is 0 Å². The zero-order valence-electron chi connectivity index (χ0n) is 9.47. The van der Waals surface area contributed by atoms with Crippen molar-refractivity contribution in [3.63, 3.8) is 0 Å². The molecule has 0 radical (unpaired) electrons. The Morgan fingerprint density at radius 3 is 2.29 bits per heavy atom. The van der Waals surface area contributed by atoms with E-state index in [4.69, 9.17) is 0 Å². The first-order valence-corrected chi connectivity index (χ1v) is 6.14. The smallest absolute Gasteiger partial charge is 0.0212 e. The van der Waals surface area contributed by atoms with Crippen molar-refractivity contribution in [2.45, 2.75) is 46.0 Å². The van der Waals surface area contributed by atoms with Crippen LogP contribution < -0.4 is 0 Å². The van der Waals surface area contributed by atoms with Gasteiger partial charge in [0.15, 0.2) is 0 Å². The molecule has 0 saturated carbocycles. The maximum Gasteiger partial charge on any atom is 0.0212 e. The highest BCUT2D eigenvalue weighted by Gasteiger charge is 2.08. The van der Waals surface area contributed by atoms with Gasteiger partial charge >= 0.3 is 0 Å². The molecule has 1 aromatic rings. The Hall–Kier alpha value is -0.300. The second kappa shape index (κ2) is 4.97. The fourth-order valence-corrected chi connectivity index (χ4v) is 2.41. The molecule has 0 N–H and O–H groups in total. The van der Waals surface area contributed by atoms with Gasteiger partial charge in [-0.15, -0.1) is 0 Å². The van der Waals surface area contributed by atoms with Crippen molar-refractivity contribution in [3.05, 3.63) is 33.8 Å². The molecule has 0 bridgehead atoms. The van der Waals surface area contributed by atoms with Crippen LogP contribution in [0.15, 0.2) is 22.7 Å². The lowest BCUT2D eigenvalue weighted by molar-refractivity contribution is 0.731. The van der Waals surface area contributed by atoms with Crippen LogP contribution in [0.3, 0.4) is 0 Å². The summed E-state index contributed by atoms with van der Waals surface area (Å²) in [6, 6.07) is 6.77. The van der Waals surface area contributed by atoms with E-state index in [2.05, 4.69) is 61.8 Å². The fraction of sp³-hybridized carbons (Fsp3) is 0.538. The molecule has 0 aliphatic heterocycles. The molecule has 0 aromatic heterocycles. The number of hydrogen-bond acceptors (Lipinski definition) is 0. The van der Waals surface area contributed by atoms with Crippen molar-refractivity contribution in [2.75, 3.05) is 0 Å². The lowest BCUT2D eigenvalue weighted by atomic mass is 9.95. The van der Waals surface area contributed by atoms with Gasteiger partial charge in [-0.05, 0) is 35.4 Å². The number of benzene rings is 1. The molecule has 78 valence electrons. The number of hydrogen-bond donors (Lipinski definition) is 0. The van der Waals surface area contributed by atoms with E-state index in [0.29, 0.717) is 11.8 Å². The molecule has 1 rings (SSSR count). The molecular weight excluding hydrogens is 236 g/mol. The Morgan fingerprint density at radius 1 is 1.21 bits per heavy atom. The normalized spacial score (nSPS) is 13.3. The Balaban J connectivity index is 3.00. The Morgan fingerprint density at radius 2 is 1.86 bits per heavy atom. The van der Waals surface area contributed by atoms with Crippen molar-refractivity contribution in [3.8, 4) is 0 Å². The number of rotatable bonds is 3. The van der Waals surface area contributed by atoms with Crippen LogP contribution in [0.2, 0.25) is 0 Å². The summed E-state index contributed by atoms with van der Waals surface area (Å²) in [6.45, 7) is 8.96. The molecule has 0 nitrogen and oxygen atoms in total. The van der Waals surface area contributed by atoms with Crippen molar-refractivity contribution in [2.24, 2.45) is 0 Å². The Labute approximate surface area is 95.9 Å². The van der Waals surface area contributed by atoms with E-state index < -0.39 is 0 Å². The van der Waals surface area contributed by atoms with E-state index in [-0.39, 0.29) is 0 Å². The van der Waals surface area contributed by atoms with Crippen LogP contribution in [-0.2, 0) is 0 Å². The molecule has 0 spiro atoms. The molecule has 0 fully saturated rings. The van der Waals surface area contributed by atoms with Crippen LogP contribution in [0.25, 0.3) is 0 Å². The van der Waals surface area contributed by atoms with E-state index >= 15 is 0 Å². The second-order valence-corrected chi connectivity index (χ2v) is 5.10. The van der Waals surface area contributed by atoms with Crippen LogP contribution in [0.1, 0.15) is 57.1 Å². The average molecular weight is 255 g/mol. The SMILES string of the molecule is CCC(C)c1ccc(C(C)C)c(Br)c1. The van der Waals surface area contributed by atoms with Crippen molar-refractivity contribution >= 4 is 15.9 Å².